The summed E-state index contributed by atoms with van der Waals surface area (Å²) in [6.07, 6.45) is 5.27. The predicted molar refractivity (Wildman–Crippen MR) is 108 cm³/mol. The van der Waals surface area contributed by atoms with Crippen LogP contribution in [0.1, 0.15) is 68.9 Å². The molecule has 0 spiro atoms. The molecule has 0 aliphatic rings. The van der Waals surface area contributed by atoms with Crippen molar-refractivity contribution in [3.63, 3.8) is 0 Å². The van der Waals surface area contributed by atoms with Crippen molar-refractivity contribution in [2.24, 2.45) is 5.73 Å². The molecule has 0 atom stereocenters. The Bertz CT molecular complexity index is 854. The first-order valence-corrected chi connectivity index (χ1v) is 9.80. The topological polar surface area (TPSA) is 97.3 Å². The Morgan fingerprint density at radius 1 is 1.22 bits per heavy atom. The van der Waals surface area contributed by atoms with Crippen molar-refractivity contribution in [3.05, 3.63) is 45.9 Å². The Balaban J connectivity index is 2.22. The van der Waals surface area contributed by atoms with Gasteiger partial charge in [0, 0.05) is 12.1 Å². The SMILES string of the molecule is CCCCc1ccc2cc(C(=O)NCCC(N)(CC)CC)n(O)c(=O)c2c1. The lowest BCUT2D eigenvalue weighted by atomic mass is 9.90. The van der Waals surface area contributed by atoms with Crippen LogP contribution < -0.4 is 16.6 Å². The van der Waals surface area contributed by atoms with Crippen molar-refractivity contribution in [1.29, 1.82) is 0 Å². The molecule has 2 aromatic rings. The van der Waals surface area contributed by atoms with E-state index < -0.39 is 11.5 Å². The molecule has 148 valence electrons. The number of rotatable bonds is 9. The van der Waals surface area contributed by atoms with Gasteiger partial charge in [-0.2, -0.15) is 0 Å². The molecular formula is C21H31N3O3. The first kappa shape index (κ1) is 21.0. The summed E-state index contributed by atoms with van der Waals surface area (Å²) in [5.74, 6) is -0.485. The van der Waals surface area contributed by atoms with E-state index in [-0.39, 0.29) is 11.2 Å². The Kier molecular flexibility index (Phi) is 7.02. The number of nitrogens with two attached hydrogens (primary N) is 1. The van der Waals surface area contributed by atoms with E-state index in [1.165, 1.54) is 0 Å². The zero-order chi connectivity index (χ0) is 20.0. The molecule has 0 bridgehead atoms. The molecule has 0 saturated heterocycles. The molecule has 1 aromatic heterocycles. The summed E-state index contributed by atoms with van der Waals surface area (Å²) < 4.78 is 0.441. The standard InChI is InChI=1S/C21H31N3O3/c1-4-7-8-15-9-10-16-14-18(24(27)20(26)17(16)13-15)19(25)23-12-11-21(22,5-2)6-3/h9-10,13-14,27H,4-8,11-12,22H2,1-3H3,(H,23,25). The van der Waals surface area contributed by atoms with E-state index in [9.17, 15) is 14.8 Å². The number of hydrogen-bond acceptors (Lipinski definition) is 4. The number of nitrogens with zero attached hydrogens (tertiary/aromatic N) is 1. The molecule has 0 radical (unpaired) electrons. The van der Waals surface area contributed by atoms with Gasteiger partial charge in [-0.1, -0.05) is 39.3 Å². The van der Waals surface area contributed by atoms with E-state index >= 15 is 0 Å². The molecule has 0 unspecified atom stereocenters. The molecule has 6 nitrogen and oxygen atoms in total. The average molecular weight is 373 g/mol. The number of fused-ring (bicyclic) bond motifs is 1. The third kappa shape index (κ3) is 4.89. The van der Waals surface area contributed by atoms with Crippen LogP contribution in [0.4, 0.5) is 0 Å². The molecule has 1 heterocycles. The monoisotopic (exact) mass is 373 g/mol. The van der Waals surface area contributed by atoms with Crippen molar-refractivity contribution in [2.45, 2.75) is 64.8 Å². The molecule has 4 N–H and O–H groups in total. The number of unbranched alkanes of at least 4 members (excludes halogenated alkanes) is 1. The van der Waals surface area contributed by atoms with Crippen molar-refractivity contribution >= 4 is 16.7 Å². The van der Waals surface area contributed by atoms with E-state index in [2.05, 4.69) is 12.2 Å². The quantitative estimate of drug-likeness (QED) is 0.588. The first-order chi connectivity index (χ1) is 12.8. The van der Waals surface area contributed by atoms with Gasteiger partial charge in [-0.3, -0.25) is 9.59 Å². The Morgan fingerprint density at radius 2 is 1.93 bits per heavy atom. The smallest absolute Gasteiger partial charge is 0.291 e. The van der Waals surface area contributed by atoms with Gasteiger partial charge in [0.2, 0.25) is 0 Å². The normalized spacial score (nSPS) is 11.7. The number of nitrogens with one attached hydrogen (secondary N) is 1. The highest BCUT2D eigenvalue weighted by molar-refractivity contribution is 5.96. The fourth-order valence-corrected chi connectivity index (χ4v) is 3.16. The van der Waals surface area contributed by atoms with Crippen molar-refractivity contribution < 1.29 is 10.0 Å². The second kappa shape index (κ2) is 9.04. The molecule has 0 aliphatic heterocycles. The Hall–Kier alpha value is -2.34. The van der Waals surface area contributed by atoms with Crippen LogP contribution >= 0.6 is 0 Å². The highest BCUT2D eigenvalue weighted by Crippen LogP contribution is 2.17. The van der Waals surface area contributed by atoms with Crippen LogP contribution in [0.25, 0.3) is 10.8 Å². The lowest BCUT2D eigenvalue weighted by Crippen LogP contribution is -2.42. The second-order valence-electron chi connectivity index (χ2n) is 7.25. The lowest BCUT2D eigenvalue weighted by Gasteiger charge is -2.26. The minimum atomic E-state index is -0.578. The maximum absolute atomic E-state index is 12.5. The van der Waals surface area contributed by atoms with Crippen molar-refractivity contribution in [2.75, 3.05) is 6.54 Å². The summed E-state index contributed by atoms with van der Waals surface area (Å²) in [6, 6.07) is 7.14. The fraction of sp³-hybridized carbons (Fsp3) is 0.524. The van der Waals surface area contributed by atoms with E-state index in [1.807, 2.05) is 26.0 Å². The van der Waals surface area contributed by atoms with E-state index in [4.69, 9.17) is 5.73 Å². The number of amides is 1. The van der Waals surface area contributed by atoms with Crippen LogP contribution in [0.5, 0.6) is 0 Å². The second-order valence-corrected chi connectivity index (χ2v) is 7.25. The van der Waals surface area contributed by atoms with Gasteiger partial charge < -0.3 is 16.3 Å². The molecule has 0 aliphatic carbocycles. The van der Waals surface area contributed by atoms with Gasteiger partial charge in [-0.25, -0.2) is 0 Å². The van der Waals surface area contributed by atoms with Crippen LogP contribution in [-0.2, 0) is 6.42 Å². The van der Waals surface area contributed by atoms with Gasteiger partial charge in [-0.05, 0) is 55.2 Å². The first-order valence-electron chi connectivity index (χ1n) is 9.80. The van der Waals surface area contributed by atoms with Gasteiger partial charge in [0.1, 0.15) is 5.69 Å². The minimum absolute atomic E-state index is 0.0653. The number of pyridine rings is 1. The molecule has 6 heteroatoms. The van der Waals surface area contributed by atoms with Crippen molar-refractivity contribution in [3.8, 4) is 0 Å². The lowest BCUT2D eigenvalue weighted by molar-refractivity contribution is 0.0890. The predicted octanol–water partition coefficient (Wildman–Crippen LogP) is 3.22. The number of carbonyl (C=O) groups is 1. The summed E-state index contributed by atoms with van der Waals surface area (Å²) in [7, 11) is 0. The third-order valence-electron chi connectivity index (χ3n) is 5.43. The minimum Gasteiger partial charge on any atom is -0.425 e. The van der Waals surface area contributed by atoms with Crippen LogP contribution in [0, 0.1) is 0 Å². The number of aryl methyl sites for hydroxylation is 1. The van der Waals surface area contributed by atoms with Gasteiger partial charge in [0.25, 0.3) is 11.5 Å². The van der Waals surface area contributed by atoms with Crippen LogP contribution in [0.2, 0.25) is 0 Å². The molecule has 0 fully saturated rings. The fourth-order valence-electron chi connectivity index (χ4n) is 3.16. The van der Waals surface area contributed by atoms with Crippen LogP contribution in [0.15, 0.2) is 29.1 Å². The third-order valence-corrected chi connectivity index (χ3v) is 5.43. The summed E-state index contributed by atoms with van der Waals surface area (Å²) in [5, 5.41) is 14.0. The zero-order valence-electron chi connectivity index (χ0n) is 16.5. The number of benzene rings is 1. The highest BCUT2D eigenvalue weighted by atomic mass is 16.5. The van der Waals surface area contributed by atoms with Crippen LogP contribution in [0.3, 0.4) is 0 Å². The molecule has 0 saturated carbocycles. The van der Waals surface area contributed by atoms with Crippen LogP contribution in [-0.4, -0.2) is 27.9 Å². The Morgan fingerprint density at radius 3 is 2.56 bits per heavy atom. The molecular weight excluding hydrogens is 342 g/mol. The summed E-state index contributed by atoms with van der Waals surface area (Å²) in [6.45, 7) is 6.55. The van der Waals surface area contributed by atoms with Gasteiger partial charge in [0.15, 0.2) is 0 Å². The zero-order valence-corrected chi connectivity index (χ0v) is 16.5. The molecule has 27 heavy (non-hydrogen) atoms. The maximum atomic E-state index is 12.5. The number of carbonyl (C=O) groups excluding carboxylic acids is 1. The summed E-state index contributed by atoms with van der Waals surface area (Å²) in [4.78, 5) is 25.0. The average Bonchev–Trinajstić information content (AvgIpc) is 2.68. The largest absolute Gasteiger partial charge is 0.425 e. The maximum Gasteiger partial charge on any atom is 0.291 e. The summed E-state index contributed by atoms with van der Waals surface area (Å²) in [5.41, 5.74) is 6.34. The molecule has 2 rings (SSSR count). The highest BCUT2D eigenvalue weighted by Gasteiger charge is 2.21. The number of aromatic nitrogens is 1. The van der Waals surface area contributed by atoms with Gasteiger partial charge in [-0.15, -0.1) is 4.73 Å². The van der Waals surface area contributed by atoms with Gasteiger partial charge >= 0.3 is 0 Å². The molecule has 1 amide bonds. The van der Waals surface area contributed by atoms with E-state index in [1.54, 1.807) is 12.1 Å². The van der Waals surface area contributed by atoms with E-state index in [0.29, 0.717) is 28.5 Å². The summed E-state index contributed by atoms with van der Waals surface area (Å²) >= 11 is 0. The van der Waals surface area contributed by atoms with Gasteiger partial charge in [0.05, 0.1) is 5.39 Å². The van der Waals surface area contributed by atoms with Crippen molar-refractivity contribution in [1.82, 2.24) is 10.0 Å². The van der Waals surface area contributed by atoms with E-state index in [0.717, 1.165) is 37.7 Å². The molecule has 1 aromatic carbocycles. The Labute approximate surface area is 160 Å². The number of hydrogen-bond donors (Lipinski definition) is 3.